The van der Waals surface area contributed by atoms with Gasteiger partial charge in [-0.3, -0.25) is 14.7 Å². The van der Waals surface area contributed by atoms with Crippen LogP contribution < -0.4 is 27.0 Å². The molecule has 1 aromatic heterocycles. The molecule has 0 bridgehead atoms. The second-order valence-corrected chi connectivity index (χ2v) is 7.81. The second-order valence-electron chi connectivity index (χ2n) is 7.41. The van der Waals surface area contributed by atoms with Gasteiger partial charge in [-0.15, -0.1) is 0 Å². The third kappa shape index (κ3) is 4.70. The van der Waals surface area contributed by atoms with Crippen molar-refractivity contribution >= 4 is 35.1 Å². The summed E-state index contributed by atoms with van der Waals surface area (Å²) in [5.74, 6) is -1.09. The molecule has 0 aliphatic carbocycles. The van der Waals surface area contributed by atoms with Crippen LogP contribution in [0, 0.1) is 0 Å². The minimum atomic E-state index is -1.14. The molecule has 166 valence electrons. The summed E-state index contributed by atoms with van der Waals surface area (Å²) in [7, 11) is 0. The number of nitrogens with one attached hydrogen (secondary N) is 2. The van der Waals surface area contributed by atoms with Gasteiger partial charge in [0.25, 0.3) is 5.91 Å². The van der Waals surface area contributed by atoms with Gasteiger partial charge in [-0.2, -0.15) is 0 Å². The van der Waals surface area contributed by atoms with Crippen molar-refractivity contribution in [2.45, 2.75) is 12.2 Å². The Bertz CT molecular complexity index is 939. The molecule has 2 saturated heterocycles. The number of anilines is 2. The zero-order chi connectivity index (χ0) is 22.0. The highest BCUT2D eigenvalue weighted by molar-refractivity contribution is 6.34. The average molecular weight is 451 g/mol. The van der Waals surface area contributed by atoms with E-state index in [0.717, 1.165) is 51.8 Å². The Morgan fingerprint density at radius 2 is 2.03 bits per heavy atom. The summed E-state index contributed by atoms with van der Waals surface area (Å²) in [5, 5.41) is 5.80. The van der Waals surface area contributed by atoms with Crippen LogP contribution >= 0.6 is 11.6 Å². The molecule has 2 fully saturated rings. The van der Waals surface area contributed by atoms with Crippen molar-refractivity contribution in [3.8, 4) is 0 Å². The van der Waals surface area contributed by atoms with Crippen molar-refractivity contribution in [2.75, 3.05) is 49.6 Å². The Hall–Kier alpha value is -2.57. The number of aliphatic imine (C=N–C) groups is 1. The summed E-state index contributed by atoms with van der Waals surface area (Å²) in [6, 6.07) is 0.469. The lowest BCUT2D eigenvalue weighted by atomic mass is 10.1. The number of hydrogen-bond acceptors (Lipinski definition) is 9. The highest BCUT2D eigenvalue weighted by Gasteiger charge is 2.30. The number of amides is 1. The predicted molar refractivity (Wildman–Crippen MR) is 116 cm³/mol. The van der Waals surface area contributed by atoms with Gasteiger partial charge in [0.05, 0.1) is 59.8 Å². The number of carbonyl (C=O) groups excluding carboxylic acids is 1. The zero-order valence-electron chi connectivity index (χ0n) is 16.7. The summed E-state index contributed by atoms with van der Waals surface area (Å²) in [6.45, 7) is 4.74. The van der Waals surface area contributed by atoms with E-state index in [-0.39, 0.29) is 11.4 Å². The highest BCUT2D eigenvalue weighted by Crippen LogP contribution is 2.34. The van der Waals surface area contributed by atoms with Crippen LogP contribution in [0.5, 0.6) is 0 Å². The molecule has 3 aliphatic rings. The van der Waals surface area contributed by atoms with Crippen molar-refractivity contribution < 1.29 is 13.9 Å². The van der Waals surface area contributed by atoms with Gasteiger partial charge in [-0.1, -0.05) is 11.6 Å². The SMILES string of the molecule is NC(N)/C(C(=O)Nc1cncc(Cl)c1N1CCN(C2COC2)CC1)=C1/N=CC(F)=CN1. The molecule has 0 unspecified atom stereocenters. The number of aromatic nitrogens is 1. The van der Waals surface area contributed by atoms with E-state index in [1.807, 2.05) is 0 Å². The number of halogens is 2. The molecule has 4 rings (SSSR count). The van der Waals surface area contributed by atoms with E-state index in [9.17, 15) is 9.18 Å². The molecular weight excluding hydrogens is 427 g/mol. The first kappa shape index (κ1) is 21.7. The number of allylic oxidation sites excluding steroid dienone is 1. The van der Waals surface area contributed by atoms with Crippen LogP contribution in [0.3, 0.4) is 0 Å². The zero-order valence-corrected chi connectivity index (χ0v) is 17.5. The fraction of sp³-hybridized carbons (Fsp3) is 0.421. The van der Waals surface area contributed by atoms with Crippen LogP contribution in [0.25, 0.3) is 0 Å². The Labute approximate surface area is 183 Å². The van der Waals surface area contributed by atoms with Crippen LogP contribution in [0.4, 0.5) is 15.8 Å². The van der Waals surface area contributed by atoms with Gasteiger partial charge in [0.2, 0.25) is 0 Å². The molecule has 0 spiro atoms. The maximum Gasteiger partial charge on any atom is 0.258 e. The molecule has 0 saturated carbocycles. The molecule has 1 amide bonds. The average Bonchev–Trinajstić information content (AvgIpc) is 2.69. The number of pyridine rings is 1. The highest BCUT2D eigenvalue weighted by atomic mass is 35.5. The Morgan fingerprint density at radius 3 is 2.61 bits per heavy atom. The number of carbonyl (C=O) groups is 1. The van der Waals surface area contributed by atoms with Crippen molar-refractivity contribution in [3.05, 3.63) is 40.8 Å². The Morgan fingerprint density at radius 1 is 1.29 bits per heavy atom. The second kappa shape index (κ2) is 9.28. The first-order valence-corrected chi connectivity index (χ1v) is 10.2. The summed E-state index contributed by atoms with van der Waals surface area (Å²) >= 11 is 6.45. The minimum Gasteiger partial charge on any atom is -0.378 e. The molecular formula is C19H24ClFN8O2. The number of rotatable bonds is 5. The summed E-state index contributed by atoms with van der Waals surface area (Å²) in [5.41, 5.74) is 12.7. The van der Waals surface area contributed by atoms with Crippen molar-refractivity contribution in [1.82, 2.24) is 15.2 Å². The van der Waals surface area contributed by atoms with Crippen molar-refractivity contribution in [2.24, 2.45) is 16.5 Å². The third-order valence-corrected chi connectivity index (χ3v) is 5.66. The van der Waals surface area contributed by atoms with Gasteiger partial charge in [0.15, 0.2) is 5.83 Å². The molecule has 0 radical (unpaired) electrons. The van der Waals surface area contributed by atoms with Gasteiger partial charge in [-0.05, 0) is 0 Å². The lowest BCUT2D eigenvalue weighted by Gasteiger charge is -2.43. The molecule has 31 heavy (non-hydrogen) atoms. The molecule has 1 aromatic rings. The molecule has 6 N–H and O–H groups in total. The topological polar surface area (TPSA) is 134 Å². The summed E-state index contributed by atoms with van der Waals surface area (Å²) in [4.78, 5) is 25.5. The molecule has 3 aliphatic heterocycles. The molecule has 0 atom stereocenters. The van der Waals surface area contributed by atoms with Gasteiger partial charge in [-0.25, -0.2) is 9.38 Å². The minimum absolute atomic E-state index is 0.0271. The van der Waals surface area contributed by atoms with E-state index in [2.05, 4.69) is 30.4 Å². The first-order chi connectivity index (χ1) is 14.9. The number of nitrogens with zero attached hydrogens (tertiary/aromatic N) is 4. The van der Waals surface area contributed by atoms with Crippen molar-refractivity contribution in [1.29, 1.82) is 0 Å². The van der Waals surface area contributed by atoms with Gasteiger partial charge >= 0.3 is 0 Å². The quantitative estimate of drug-likeness (QED) is 0.367. The van der Waals surface area contributed by atoms with E-state index in [1.165, 1.54) is 12.4 Å². The third-order valence-electron chi connectivity index (χ3n) is 5.39. The number of piperazine rings is 1. The van der Waals surface area contributed by atoms with Gasteiger partial charge in [0, 0.05) is 38.6 Å². The van der Waals surface area contributed by atoms with E-state index in [4.69, 9.17) is 27.8 Å². The molecule has 0 aromatic carbocycles. The number of hydrogen-bond donors (Lipinski definition) is 4. The van der Waals surface area contributed by atoms with Crippen LogP contribution in [-0.4, -0.2) is 73.6 Å². The maximum absolute atomic E-state index is 13.2. The first-order valence-electron chi connectivity index (χ1n) is 9.87. The van der Waals surface area contributed by atoms with E-state index in [0.29, 0.717) is 22.4 Å². The van der Waals surface area contributed by atoms with Crippen LogP contribution in [0.15, 0.2) is 40.8 Å². The molecule has 10 nitrogen and oxygen atoms in total. The maximum atomic E-state index is 13.2. The Kier molecular flexibility index (Phi) is 6.49. The standard InChI is InChI=1S/C19H24ClFN8O2/c20-13-7-24-8-14(16(13)29-3-1-28(2-4-29)12-9-31-10-12)27-19(30)15(17(22)23)18-25-5-11(21)6-26-18/h5-8,12,17,25H,1-4,9-10,22-23H2,(H,27,30)/b18-15-. The largest absolute Gasteiger partial charge is 0.378 e. The fourth-order valence-corrected chi connectivity index (χ4v) is 3.96. The van der Waals surface area contributed by atoms with E-state index in [1.54, 1.807) is 0 Å². The van der Waals surface area contributed by atoms with Crippen LogP contribution in [-0.2, 0) is 9.53 Å². The lowest BCUT2D eigenvalue weighted by molar-refractivity contribution is -0.113. The summed E-state index contributed by atoms with van der Waals surface area (Å²) < 4.78 is 18.5. The Balaban J connectivity index is 1.53. The number of ether oxygens (including phenoxy) is 1. The normalized spacial score (nSPS) is 21.5. The van der Waals surface area contributed by atoms with Crippen LogP contribution in [0.2, 0.25) is 5.02 Å². The molecule has 12 heteroatoms. The van der Waals surface area contributed by atoms with Crippen molar-refractivity contribution in [3.63, 3.8) is 0 Å². The summed E-state index contributed by atoms with van der Waals surface area (Å²) in [6.07, 6.45) is 3.95. The van der Waals surface area contributed by atoms with E-state index < -0.39 is 17.9 Å². The van der Waals surface area contributed by atoms with Gasteiger partial charge < -0.3 is 31.7 Å². The fourth-order valence-electron chi connectivity index (χ4n) is 3.68. The lowest BCUT2D eigenvalue weighted by Crippen LogP contribution is -2.56. The van der Waals surface area contributed by atoms with E-state index >= 15 is 0 Å². The van der Waals surface area contributed by atoms with Crippen LogP contribution in [0.1, 0.15) is 0 Å². The smallest absolute Gasteiger partial charge is 0.258 e. The monoisotopic (exact) mass is 450 g/mol. The van der Waals surface area contributed by atoms with Gasteiger partial charge in [0.1, 0.15) is 5.82 Å². The predicted octanol–water partition coefficient (Wildman–Crippen LogP) is 0.134. The molecule has 4 heterocycles. The number of nitrogens with two attached hydrogens (primary N) is 2.